The Labute approximate surface area is 136 Å². The van der Waals surface area contributed by atoms with Gasteiger partial charge < -0.3 is 9.64 Å². The molecule has 0 radical (unpaired) electrons. The average Bonchev–Trinajstić information content (AvgIpc) is 2.49. The number of aryl methyl sites for hydroxylation is 1. The van der Waals surface area contributed by atoms with Crippen LogP contribution in [0.2, 0.25) is 0 Å². The summed E-state index contributed by atoms with van der Waals surface area (Å²) in [6, 6.07) is 9.59. The third-order valence-corrected chi connectivity index (χ3v) is 3.37. The van der Waals surface area contributed by atoms with E-state index in [2.05, 4.69) is 4.74 Å². The molecule has 0 spiro atoms. The van der Waals surface area contributed by atoms with E-state index < -0.39 is 18.1 Å². The first-order valence-corrected chi connectivity index (χ1v) is 7.02. The second-order valence-electron chi connectivity index (χ2n) is 5.28. The molecule has 0 unspecified atom stereocenters. The van der Waals surface area contributed by atoms with Gasteiger partial charge in [-0.1, -0.05) is 24.3 Å². The summed E-state index contributed by atoms with van der Waals surface area (Å²) in [5.74, 6) is -1.40. The number of halogens is 4. The Morgan fingerprint density at radius 1 is 1.17 bits per heavy atom. The number of hydrogen-bond acceptors (Lipinski definition) is 2. The number of carbonyl (C=O) groups excluding carboxylic acids is 1. The zero-order chi connectivity index (χ0) is 17.9. The SMILES string of the molecule is Cc1ccc(C(=O)N(C)Cc2ccccc2OC(F)(F)F)cc1F. The summed E-state index contributed by atoms with van der Waals surface area (Å²) in [5, 5.41) is 0. The van der Waals surface area contributed by atoms with Gasteiger partial charge in [0.1, 0.15) is 11.6 Å². The van der Waals surface area contributed by atoms with Crippen LogP contribution in [0.3, 0.4) is 0 Å². The summed E-state index contributed by atoms with van der Waals surface area (Å²) in [5.41, 5.74) is 0.714. The normalized spacial score (nSPS) is 11.2. The van der Waals surface area contributed by atoms with Gasteiger partial charge in [0, 0.05) is 24.7 Å². The molecule has 2 aromatic carbocycles. The molecule has 24 heavy (non-hydrogen) atoms. The van der Waals surface area contributed by atoms with Gasteiger partial charge in [-0.3, -0.25) is 4.79 Å². The Balaban J connectivity index is 2.18. The van der Waals surface area contributed by atoms with Crippen LogP contribution in [-0.2, 0) is 6.54 Å². The van der Waals surface area contributed by atoms with Crippen LogP contribution in [0.25, 0.3) is 0 Å². The van der Waals surface area contributed by atoms with Gasteiger partial charge in [0.15, 0.2) is 0 Å². The van der Waals surface area contributed by atoms with E-state index >= 15 is 0 Å². The maximum absolute atomic E-state index is 13.6. The number of rotatable bonds is 4. The maximum Gasteiger partial charge on any atom is 0.573 e. The molecule has 0 heterocycles. The summed E-state index contributed by atoms with van der Waals surface area (Å²) in [4.78, 5) is 13.5. The molecule has 0 saturated carbocycles. The lowest BCUT2D eigenvalue weighted by molar-refractivity contribution is -0.275. The van der Waals surface area contributed by atoms with Crippen molar-refractivity contribution < 1.29 is 27.1 Å². The topological polar surface area (TPSA) is 29.5 Å². The summed E-state index contributed by atoms with van der Waals surface area (Å²) in [7, 11) is 1.42. The van der Waals surface area contributed by atoms with Crippen molar-refractivity contribution in [1.29, 1.82) is 0 Å². The lowest BCUT2D eigenvalue weighted by atomic mass is 10.1. The fourth-order valence-electron chi connectivity index (χ4n) is 2.13. The van der Waals surface area contributed by atoms with Gasteiger partial charge in [-0.2, -0.15) is 0 Å². The van der Waals surface area contributed by atoms with Gasteiger partial charge >= 0.3 is 6.36 Å². The number of amides is 1. The molecule has 128 valence electrons. The molecular weight excluding hydrogens is 326 g/mol. The highest BCUT2D eigenvalue weighted by Gasteiger charge is 2.32. The predicted octanol–water partition coefficient (Wildman–Crippen LogP) is 4.30. The van der Waals surface area contributed by atoms with Crippen molar-refractivity contribution in [1.82, 2.24) is 4.90 Å². The van der Waals surface area contributed by atoms with E-state index in [9.17, 15) is 22.4 Å². The van der Waals surface area contributed by atoms with E-state index in [0.29, 0.717) is 5.56 Å². The van der Waals surface area contributed by atoms with Crippen molar-refractivity contribution in [3.05, 3.63) is 65.0 Å². The smallest absolute Gasteiger partial charge is 0.405 e. The number of hydrogen-bond donors (Lipinski definition) is 0. The molecule has 2 rings (SSSR count). The van der Waals surface area contributed by atoms with Crippen molar-refractivity contribution in [3.63, 3.8) is 0 Å². The number of ether oxygens (including phenoxy) is 1. The predicted molar refractivity (Wildman–Crippen MR) is 80.1 cm³/mol. The third-order valence-electron chi connectivity index (χ3n) is 3.37. The van der Waals surface area contributed by atoms with Crippen molar-refractivity contribution in [3.8, 4) is 5.75 Å². The summed E-state index contributed by atoms with van der Waals surface area (Å²) < 4.78 is 54.8. The highest BCUT2D eigenvalue weighted by Crippen LogP contribution is 2.27. The van der Waals surface area contributed by atoms with Crippen LogP contribution in [0.15, 0.2) is 42.5 Å². The lowest BCUT2D eigenvalue weighted by Gasteiger charge is -2.20. The molecule has 0 bridgehead atoms. The first-order chi connectivity index (χ1) is 11.2. The van der Waals surface area contributed by atoms with Crippen molar-refractivity contribution in [2.45, 2.75) is 19.8 Å². The third kappa shape index (κ3) is 4.47. The van der Waals surface area contributed by atoms with Gasteiger partial charge in [-0.25, -0.2) is 4.39 Å². The van der Waals surface area contributed by atoms with E-state index in [1.54, 1.807) is 13.0 Å². The minimum absolute atomic E-state index is 0.111. The Morgan fingerprint density at radius 3 is 2.46 bits per heavy atom. The zero-order valence-electron chi connectivity index (χ0n) is 13.0. The van der Waals surface area contributed by atoms with Crippen molar-refractivity contribution >= 4 is 5.91 Å². The average molecular weight is 341 g/mol. The molecule has 0 aliphatic rings. The van der Waals surface area contributed by atoms with Crippen LogP contribution in [-0.4, -0.2) is 24.2 Å². The fraction of sp³-hybridized carbons (Fsp3) is 0.235. The molecule has 0 aliphatic heterocycles. The number of benzene rings is 2. The van der Waals surface area contributed by atoms with E-state index in [1.807, 2.05) is 0 Å². The van der Waals surface area contributed by atoms with E-state index in [0.717, 1.165) is 6.07 Å². The number of carbonyl (C=O) groups is 1. The zero-order valence-corrected chi connectivity index (χ0v) is 13.0. The molecule has 0 N–H and O–H groups in total. The van der Waals surface area contributed by atoms with Crippen LogP contribution >= 0.6 is 0 Å². The molecule has 0 fully saturated rings. The van der Waals surface area contributed by atoms with Crippen LogP contribution in [0.5, 0.6) is 5.75 Å². The Kier molecular flexibility index (Phi) is 5.11. The lowest BCUT2D eigenvalue weighted by Crippen LogP contribution is -2.27. The molecule has 2 aromatic rings. The fourth-order valence-corrected chi connectivity index (χ4v) is 2.13. The minimum atomic E-state index is -4.82. The van der Waals surface area contributed by atoms with E-state index in [-0.39, 0.29) is 23.4 Å². The van der Waals surface area contributed by atoms with Crippen LogP contribution in [0, 0.1) is 12.7 Å². The van der Waals surface area contributed by atoms with Gasteiger partial charge in [-0.05, 0) is 30.7 Å². The van der Waals surface area contributed by atoms with Crippen LogP contribution in [0.1, 0.15) is 21.5 Å². The molecule has 1 amide bonds. The van der Waals surface area contributed by atoms with E-state index in [1.165, 1.54) is 42.3 Å². The largest absolute Gasteiger partial charge is 0.573 e. The maximum atomic E-state index is 13.6. The van der Waals surface area contributed by atoms with Gasteiger partial charge in [0.25, 0.3) is 5.91 Å². The molecule has 0 aromatic heterocycles. The Bertz CT molecular complexity index is 744. The monoisotopic (exact) mass is 341 g/mol. The second-order valence-corrected chi connectivity index (χ2v) is 5.28. The second kappa shape index (κ2) is 6.90. The van der Waals surface area contributed by atoms with Gasteiger partial charge in [0.2, 0.25) is 0 Å². The summed E-state index contributed by atoms with van der Waals surface area (Å²) >= 11 is 0. The first kappa shape index (κ1) is 17.8. The molecule has 0 atom stereocenters. The number of alkyl halides is 3. The highest BCUT2D eigenvalue weighted by atomic mass is 19.4. The van der Waals surface area contributed by atoms with Gasteiger partial charge in [0.05, 0.1) is 0 Å². The molecule has 3 nitrogen and oxygen atoms in total. The Hall–Kier alpha value is -2.57. The minimum Gasteiger partial charge on any atom is -0.405 e. The number of para-hydroxylation sites is 1. The summed E-state index contributed by atoms with van der Waals surface area (Å²) in [6.07, 6.45) is -4.82. The highest BCUT2D eigenvalue weighted by molar-refractivity contribution is 5.94. The van der Waals surface area contributed by atoms with Gasteiger partial charge in [-0.15, -0.1) is 13.2 Å². The first-order valence-electron chi connectivity index (χ1n) is 7.02. The molecule has 0 saturated heterocycles. The number of nitrogens with zero attached hydrogens (tertiary/aromatic N) is 1. The van der Waals surface area contributed by atoms with E-state index in [4.69, 9.17) is 0 Å². The van der Waals surface area contributed by atoms with Crippen LogP contribution < -0.4 is 4.74 Å². The van der Waals surface area contributed by atoms with Crippen LogP contribution in [0.4, 0.5) is 17.6 Å². The van der Waals surface area contributed by atoms with Crippen molar-refractivity contribution in [2.24, 2.45) is 0 Å². The molecular formula is C17H15F4NO2. The quantitative estimate of drug-likeness (QED) is 0.776. The summed E-state index contributed by atoms with van der Waals surface area (Å²) in [6.45, 7) is 1.46. The standard InChI is InChI=1S/C17H15F4NO2/c1-11-7-8-12(9-14(11)18)16(23)22(2)10-13-5-3-4-6-15(13)24-17(19,20)21/h3-9H,10H2,1-2H3. The molecule has 7 heteroatoms. The molecule has 0 aliphatic carbocycles. The Morgan fingerprint density at radius 2 is 1.83 bits per heavy atom. The van der Waals surface area contributed by atoms with Crippen molar-refractivity contribution in [2.75, 3.05) is 7.05 Å².